The minimum Gasteiger partial charge on any atom is -0.489 e. The van der Waals surface area contributed by atoms with Crippen LogP contribution in [0.4, 0.5) is 5.82 Å². The Morgan fingerprint density at radius 1 is 0.973 bits per heavy atom. The van der Waals surface area contributed by atoms with Crippen molar-refractivity contribution in [3.8, 4) is 5.75 Å². The van der Waals surface area contributed by atoms with E-state index in [1.165, 1.54) is 0 Å². The van der Waals surface area contributed by atoms with E-state index < -0.39 is 0 Å². The number of carbonyl (C=O) groups excluding carboxylic acids is 1. The molecule has 0 atom stereocenters. The lowest BCUT2D eigenvalue weighted by Crippen LogP contribution is -2.24. The fourth-order valence-corrected chi connectivity index (χ4v) is 4.57. The van der Waals surface area contributed by atoms with E-state index in [-0.39, 0.29) is 5.91 Å². The van der Waals surface area contributed by atoms with Gasteiger partial charge in [0.2, 0.25) is 0 Å². The van der Waals surface area contributed by atoms with Gasteiger partial charge in [-0.15, -0.1) is 0 Å². The second-order valence-electron chi connectivity index (χ2n) is 9.01. The molecule has 37 heavy (non-hydrogen) atoms. The highest BCUT2D eigenvalue weighted by Gasteiger charge is 2.17. The van der Waals surface area contributed by atoms with Crippen molar-refractivity contribution < 1.29 is 9.53 Å². The van der Waals surface area contributed by atoms with Crippen LogP contribution in [-0.4, -0.2) is 27.0 Å². The summed E-state index contributed by atoms with van der Waals surface area (Å²) in [5.41, 5.74) is 10.6. The summed E-state index contributed by atoms with van der Waals surface area (Å²) in [7, 11) is 0. The van der Waals surface area contributed by atoms with E-state index in [1.807, 2.05) is 78.9 Å². The number of nitrogens with two attached hydrogens (primary N) is 1. The number of pyridine rings is 1. The molecule has 0 unspecified atom stereocenters. The fourth-order valence-electron chi connectivity index (χ4n) is 4.57. The Balaban J connectivity index is 1.35. The maximum absolute atomic E-state index is 12.3. The highest BCUT2D eigenvalue weighted by atomic mass is 16.5. The Morgan fingerprint density at radius 3 is 2.49 bits per heavy atom. The summed E-state index contributed by atoms with van der Waals surface area (Å²) in [5.74, 6) is 2.14. The van der Waals surface area contributed by atoms with E-state index in [0.29, 0.717) is 24.5 Å². The minimum atomic E-state index is -0.0456. The van der Waals surface area contributed by atoms with Crippen LogP contribution in [-0.2, 0) is 19.6 Å². The first-order valence-corrected chi connectivity index (χ1v) is 12.7. The van der Waals surface area contributed by atoms with Gasteiger partial charge in [-0.05, 0) is 48.7 Å². The molecule has 5 aromatic rings. The molecule has 188 valence electrons. The SMILES string of the molecule is CCc1nc2c(N)nc3ccc(OCc4ccccc4)cc3c2n1CCCCNC(=O)c1ccccc1. The summed E-state index contributed by atoms with van der Waals surface area (Å²) in [4.78, 5) is 21.8. The number of amides is 1. The van der Waals surface area contributed by atoms with Gasteiger partial charge in [-0.1, -0.05) is 55.5 Å². The third kappa shape index (κ3) is 5.40. The third-order valence-corrected chi connectivity index (χ3v) is 6.45. The zero-order valence-corrected chi connectivity index (χ0v) is 21.0. The second-order valence-corrected chi connectivity index (χ2v) is 9.01. The van der Waals surface area contributed by atoms with Gasteiger partial charge in [-0.3, -0.25) is 4.79 Å². The van der Waals surface area contributed by atoms with Crippen LogP contribution in [0.25, 0.3) is 21.9 Å². The predicted molar refractivity (Wildman–Crippen MR) is 148 cm³/mol. The highest BCUT2D eigenvalue weighted by Crippen LogP contribution is 2.32. The van der Waals surface area contributed by atoms with Gasteiger partial charge in [0, 0.05) is 30.5 Å². The maximum atomic E-state index is 12.3. The number of nitrogens with zero attached hydrogens (tertiary/aromatic N) is 3. The number of fused-ring (bicyclic) bond motifs is 3. The standard InChI is InChI=1S/C30H31N5O2/c1-2-26-34-27-28(35(26)18-10-9-17-32-30(36)22-13-7-4-8-14-22)24-19-23(15-16-25(24)33-29(27)31)37-20-21-11-5-3-6-12-21/h3-8,11-16,19H,2,9-10,17-18,20H2,1H3,(H2,31,33)(H,32,36). The number of anilines is 1. The molecule has 0 fully saturated rings. The molecule has 0 bridgehead atoms. The number of imidazole rings is 1. The molecule has 0 saturated heterocycles. The van der Waals surface area contributed by atoms with Crippen molar-refractivity contribution in [2.24, 2.45) is 0 Å². The van der Waals surface area contributed by atoms with Gasteiger partial charge < -0.3 is 20.4 Å². The summed E-state index contributed by atoms with van der Waals surface area (Å²) in [6.45, 7) is 3.97. The lowest BCUT2D eigenvalue weighted by atomic mass is 10.1. The van der Waals surface area contributed by atoms with Crippen molar-refractivity contribution in [3.05, 3.63) is 95.8 Å². The number of nitrogens with one attached hydrogen (secondary N) is 1. The number of unbranched alkanes of at least 4 members (excludes halogenated alkanes) is 1. The quantitative estimate of drug-likeness (QED) is 0.250. The number of benzene rings is 3. The largest absolute Gasteiger partial charge is 0.489 e. The molecule has 0 spiro atoms. The van der Waals surface area contributed by atoms with Crippen LogP contribution in [0.15, 0.2) is 78.9 Å². The van der Waals surface area contributed by atoms with Crippen molar-refractivity contribution in [3.63, 3.8) is 0 Å². The zero-order valence-electron chi connectivity index (χ0n) is 21.0. The van der Waals surface area contributed by atoms with E-state index in [2.05, 4.69) is 21.8 Å². The number of hydrogen-bond acceptors (Lipinski definition) is 5. The van der Waals surface area contributed by atoms with Gasteiger partial charge in [-0.25, -0.2) is 9.97 Å². The summed E-state index contributed by atoms with van der Waals surface area (Å²) < 4.78 is 8.34. The molecular weight excluding hydrogens is 462 g/mol. The monoisotopic (exact) mass is 493 g/mol. The first-order chi connectivity index (χ1) is 18.1. The molecule has 3 aromatic carbocycles. The van der Waals surface area contributed by atoms with E-state index >= 15 is 0 Å². The predicted octanol–water partition coefficient (Wildman–Crippen LogP) is 5.52. The maximum Gasteiger partial charge on any atom is 0.251 e. The molecule has 7 heteroatoms. The molecule has 0 saturated carbocycles. The van der Waals surface area contributed by atoms with Crippen molar-refractivity contribution in [2.45, 2.75) is 39.3 Å². The molecule has 0 aliphatic carbocycles. The molecule has 0 aliphatic rings. The van der Waals surface area contributed by atoms with E-state index in [4.69, 9.17) is 15.5 Å². The van der Waals surface area contributed by atoms with Crippen LogP contribution >= 0.6 is 0 Å². The van der Waals surface area contributed by atoms with Crippen molar-refractivity contribution >= 4 is 33.7 Å². The summed E-state index contributed by atoms with van der Waals surface area (Å²) in [6.07, 6.45) is 2.53. The Hall–Kier alpha value is -4.39. The molecule has 3 N–H and O–H groups in total. The van der Waals surface area contributed by atoms with Crippen LogP contribution in [0.5, 0.6) is 5.75 Å². The molecule has 2 aromatic heterocycles. The average molecular weight is 494 g/mol. The number of aryl methyl sites for hydroxylation is 2. The van der Waals surface area contributed by atoms with E-state index in [0.717, 1.165) is 64.9 Å². The lowest BCUT2D eigenvalue weighted by molar-refractivity contribution is 0.0953. The summed E-state index contributed by atoms with van der Waals surface area (Å²) in [6, 6.07) is 25.3. The van der Waals surface area contributed by atoms with Gasteiger partial charge in [0.25, 0.3) is 5.91 Å². The summed E-state index contributed by atoms with van der Waals surface area (Å²) in [5, 5.41) is 3.98. The molecule has 5 rings (SSSR count). The smallest absolute Gasteiger partial charge is 0.251 e. The Bertz CT molecular complexity index is 1510. The number of carbonyl (C=O) groups is 1. The first kappa shape index (κ1) is 24.3. The molecular formula is C30H31N5O2. The Labute approximate surface area is 216 Å². The van der Waals surface area contributed by atoms with Crippen molar-refractivity contribution in [2.75, 3.05) is 12.3 Å². The van der Waals surface area contributed by atoms with Gasteiger partial charge in [0.05, 0.1) is 11.0 Å². The molecule has 7 nitrogen and oxygen atoms in total. The van der Waals surface area contributed by atoms with E-state index in [1.54, 1.807) is 0 Å². The molecule has 1 amide bonds. The van der Waals surface area contributed by atoms with E-state index in [9.17, 15) is 4.79 Å². The van der Waals surface area contributed by atoms with Crippen LogP contribution in [0.1, 0.15) is 41.5 Å². The zero-order chi connectivity index (χ0) is 25.6. The molecule has 2 heterocycles. The van der Waals surface area contributed by atoms with Crippen LogP contribution in [0.2, 0.25) is 0 Å². The normalized spacial score (nSPS) is 11.2. The second kappa shape index (κ2) is 11.1. The number of aromatic nitrogens is 3. The summed E-state index contributed by atoms with van der Waals surface area (Å²) >= 11 is 0. The topological polar surface area (TPSA) is 95.1 Å². The van der Waals surface area contributed by atoms with Crippen LogP contribution < -0.4 is 15.8 Å². The number of hydrogen-bond donors (Lipinski definition) is 2. The average Bonchev–Trinajstić information content (AvgIpc) is 3.32. The van der Waals surface area contributed by atoms with Gasteiger partial charge in [-0.2, -0.15) is 0 Å². The number of rotatable bonds is 10. The molecule has 0 aliphatic heterocycles. The molecule has 0 radical (unpaired) electrons. The highest BCUT2D eigenvalue weighted by molar-refractivity contribution is 6.07. The van der Waals surface area contributed by atoms with Crippen molar-refractivity contribution in [1.29, 1.82) is 0 Å². The van der Waals surface area contributed by atoms with Crippen LogP contribution in [0.3, 0.4) is 0 Å². The Morgan fingerprint density at radius 2 is 1.73 bits per heavy atom. The number of ether oxygens (including phenoxy) is 1. The van der Waals surface area contributed by atoms with Gasteiger partial charge in [0.1, 0.15) is 23.7 Å². The van der Waals surface area contributed by atoms with Gasteiger partial charge in [0.15, 0.2) is 5.82 Å². The van der Waals surface area contributed by atoms with Crippen molar-refractivity contribution in [1.82, 2.24) is 19.9 Å². The minimum absolute atomic E-state index is 0.0456. The fraction of sp³-hybridized carbons (Fsp3) is 0.233. The van der Waals surface area contributed by atoms with Crippen LogP contribution in [0, 0.1) is 0 Å². The van der Waals surface area contributed by atoms with Gasteiger partial charge >= 0.3 is 0 Å². The lowest BCUT2D eigenvalue weighted by Gasteiger charge is -2.12. The third-order valence-electron chi connectivity index (χ3n) is 6.45. The Kier molecular flexibility index (Phi) is 7.31. The first-order valence-electron chi connectivity index (χ1n) is 12.7. The number of nitrogen functional groups attached to an aromatic ring is 1.